The predicted octanol–water partition coefficient (Wildman–Crippen LogP) is 12.0. The van der Waals surface area contributed by atoms with Gasteiger partial charge < -0.3 is 27.4 Å². The van der Waals surface area contributed by atoms with E-state index in [0.29, 0.717) is 11.1 Å². The Morgan fingerprint density at radius 1 is 0.255 bits per heavy atom. The summed E-state index contributed by atoms with van der Waals surface area (Å²) < 4.78 is 17.3. The summed E-state index contributed by atoms with van der Waals surface area (Å²) in [7, 11) is 19.1. The van der Waals surface area contributed by atoms with Crippen molar-refractivity contribution < 1.29 is 9.59 Å². The number of nitrogens with zero attached hydrogens (tertiary/aromatic N) is 24. The number of carbonyl (C=O) groups is 2. The zero-order chi connectivity index (χ0) is 71.5. The molecule has 16 aromatic heterocycles. The SMILES string of the molecule is CN1C(=O)c2ccccc2C1=O.Cn1ccc2cccnc21.Cn1ccc2ccncc21.Cn1cnc2ccccc21.Cn1cnc2cccnc21.Cn1cnc2ccncc21.Cn1cnc2cnccc21.Cn1ncc2ccccc21.Cn1ncc2cccnc21.Cn1ncc2ccncc21. The van der Waals surface area contributed by atoms with Crippen LogP contribution in [0, 0.1) is 0 Å². The summed E-state index contributed by atoms with van der Waals surface area (Å²) in [5.41, 5.74) is 14.7. The average molecular weight is 1360 g/mol. The Kier molecular flexibility index (Phi) is 22.5. The van der Waals surface area contributed by atoms with E-state index in [4.69, 9.17) is 0 Å². The van der Waals surface area contributed by atoms with Crippen LogP contribution in [0.1, 0.15) is 20.7 Å². The number of imidazole rings is 4. The van der Waals surface area contributed by atoms with Crippen LogP contribution in [0.3, 0.4) is 0 Å². The van der Waals surface area contributed by atoms with Gasteiger partial charge in [0.2, 0.25) is 0 Å². The fourth-order valence-electron chi connectivity index (χ4n) is 10.6. The van der Waals surface area contributed by atoms with Gasteiger partial charge in [0, 0.05) is 153 Å². The maximum Gasteiger partial charge on any atom is 0.261 e. The van der Waals surface area contributed by atoms with Crippen molar-refractivity contribution in [3.8, 4) is 0 Å². The normalized spacial score (nSPS) is 11.1. The van der Waals surface area contributed by atoms with Gasteiger partial charge in [-0.25, -0.2) is 34.9 Å². The predicted molar refractivity (Wildman–Crippen MR) is 398 cm³/mol. The van der Waals surface area contributed by atoms with Crippen molar-refractivity contribution in [2.45, 2.75) is 0 Å². The Balaban J connectivity index is 0.000000114. The molecule has 0 N–H and O–H groups in total. The molecule has 17 heterocycles. The zero-order valence-corrected chi connectivity index (χ0v) is 58.0. The quantitative estimate of drug-likeness (QED) is 0.128. The van der Waals surface area contributed by atoms with Gasteiger partial charge in [0.1, 0.15) is 16.7 Å². The number of hydrogen-bond acceptors (Lipinski definition) is 16. The maximum absolute atomic E-state index is 11.3. The van der Waals surface area contributed by atoms with E-state index in [1.54, 1.807) is 85.1 Å². The van der Waals surface area contributed by atoms with Crippen LogP contribution in [0.15, 0.2) is 270 Å². The lowest BCUT2D eigenvalue weighted by Gasteiger charge is -2.02. The van der Waals surface area contributed by atoms with Crippen molar-refractivity contribution in [1.29, 1.82) is 0 Å². The molecular formula is C76H74N24O2. The van der Waals surface area contributed by atoms with Crippen molar-refractivity contribution in [1.82, 2.24) is 116 Å². The van der Waals surface area contributed by atoms with Gasteiger partial charge in [-0.2, -0.15) is 15.3 Å². The maximum atomic E-state index is 11.3. The molecule has 26 heteroatoms. The molecule has 1 aliphatic heterocycles. The number of aromatic nitrogens is 23. The molecule has 0 fully saturated rings. The Morgan fingerprint density at radius 3 is 1.32 bits per heavy atom. The van der Waals surface area contributed by atoms with Crippen molar-refractivity contribution in [3.63, 3.8) is 0 Å². The smallest absolute Gasteiger partial charge is 0.261 e. The third-order valence-corrected chi connectivity index (χ3v) is 16.2. The number of rotatable bonds is 0. The van der Waals surface area contributed by atoms with Gasteiger partial charge in [-0.3, -0.25) is 48.5 Å². The van der Waals surface area contributed by atoms with Crippen LogP contribution in [0.2, 0.25) is 0 Å². The molecule has 3 aromatic carbocycles. The minimum absolute atomic E-state index is 0.212. The van der Waals surface area contributed by atoms with E-state index in [1.165, 1.54) is 39.8 Å². The van der Waals surface area contributed by atoms with Gasteiger partial charge in [-0.05, 0) is 103 Å². The Labute approximate surface area is 585 Å². The Hall–Kier alpha value is -13.8. The molecule has 0 spiro atoms. The van der Waals surface area contributed by atoms with Crippen LogP contribution < -0.4 is 0 Å². The summed E-state index contributed by atoms with van der Waals surface area (Å²) in [5, 5.41) is 18.1. The van der Waals surface area contributed by atoms with Gasteiger partial charge in [0.05, 0.1) is 124 Å². The number of para-hydroxylation sites is 3. The topological polar surface area (TPSA) is 262 Å². The third-order valence-electron chi connectivity index (χ3n) is 16.2. The number of imide groups is 1. The summed E-state index contributed by atoms with van der Waals surface area (Å²) in [6, 6.07) is 46.7. The van der Waals surface area contributed by atoms with Crippen molar-refractivity contribution >= 4 is 111 Å². The molecule has 0 unspecified atom stereocenters. The molecule has 102 heavy (non-hydrogen) atoms. The fraction of sp³-hybridized carbons (Fsp3) is 0.132. The lowest BCUT2D eigenvalue weighted by atomic mass is 10.1. The largest absolute Gasteiger partial charge is 0.349 e. The third kappa shape index (κ3) is 16.8. The molecule has 19 aromatic rings. The summed E-state index contributed by atoms with van der Waals surface area (Å²) in [5.74, 6) is -0.425. The summed E-state index contributed by atoms with van der Waals surface area (Å²) in [6.07, 6.45) is 36.4. The monoisotopic (exact) mass is 1350 g/mol. The highest BCUT2D eigenvalue weighted by Crippen LogP contribution is 2.21. The summed E-state index contributed by atoms with van der Waals surface area (Å²) in [6.45, 7) is 0. The first kappa shape index (κ1) is 69.6. The van der Waals surface area contributed by atoms with Gasteiger partial charge in [0.15, 0.2) is 11.3 Å². The van der Waals surface area contributed by atoms with Crippen LogP contribution in [0.4, 0.5) is 0 Å². The number of fused-ring (bicyclic) bond motifs is 10. The molecule has 0 atom stereocenters. The van der Waals surface area contributed by atoms with E-state index >= 15 is 0 Å². The van der Waals surface area contributed by atoms with Crippen LogP contribution in [-0.2, 0) is 63.4 Å². The highest BCUT2D eigenvalue weighted by atomic mass is 16.2. The fourth-order valence-corrected chi connectivity index (χ4v) is 10.6. The number of pyridine rings is 7. The molecule has 0 bridgehead atoms. The van der Waals surface area contributed by atoms with E-state index in [2.05, 4.69) is 111 Å². The summed E-state index contributed by atoms with van der Waals surface area (Å²) >= 11 is 0. The second kappa shape index (κ2) is 33.0. The molecule has 1 aliphatic rings. The van der Waals surface area contributed by atoms with Crippen LogP contribution >= 0.6 is 0 Å². The first-order valence-corrected chi connectivity index (χ1v) is 32.1. The van der Waals surface area contributed by atoms with Crippen LogP contribution in [0.5, 0.6) is 0 Å². The minimum Gasteiger partial charge on any atom is -0.349 e. The first-order valence-electron chi connectivity index (χ1n) is 32.1. The molecule has 20 rings (SSSR count). The molecule has 510 valence electrons. The summed E-state index contributed by atoms with van der Waals surface area (Å²) in [4.78, 5) is 68.7. The number of amides is 2. The molecular weight excluding hydrogens is 1280 g/mol. The van der Waals surface area contributed by atoms with Crippen LogP contribution in [0.25, 0.3) is 99.0 Å². The Morgan fingerprint density at radius 2 is 0.696 bits per heavy atom. The molecule has 0 saturated heterocycles. The number of hydrogen-bond donors (Lipinski definition) is 0. The van der Waals surface area contributed by atoms with E-state index in [9.17, 15) is 9.59 Å². The highest BCUT2D eigenvalue weighted by Gasteiger charge is 2.31. The van der Waals surface area contributed by atoms with Crippen molar-refractivity contribution in [2.24, 2.45) is 63.4 Å². The van der Waals surface area contributed by atoms with E-state index in [-0.39, 0.29) is 11.8 Å². The lowest BCUT2D eigenvalue weighted by molar-refractivity contribution is 0.0693. The highest BCUT2D eigenvalue weighted by molar-refractivity contribution is 6.21. The van der Waals surface area contributed by atoms with Gasteiger partial charge in [0.25, 0.3) is 11.8 Å². The second-order valence-corrected chi connectivity index (χ2v) is 23.1. The molecule has 0 saturated carbocycles. The zero-order valence-electron chi connectivity index (χ0n) is 58.0. The van der Waals surface area contributed by atoms with E-state index < -0.39 is 0 Å². The second-order valence-electron chi connectivity index (χ2n) is 23.1. The van der Waals surface area contributed by atoms with Gasteiger partial charge in [-0.1, -0.05) is 42.5 Å². The average Bonchev–Trinajstić information content (AvgIpc) is 1.64. The minimum atomic E-state index is -0.212. The lowest BCUT2D eigenvalue weighted by Crippen LogP contribution is -2.24. The number of carbonyl (C=O) groups excluding carboxylic acids is 2. The van der Waals surface area contributed by atoms with E-state index in [1.807, 2.05) is 249 Å². The molecule has 0 radical (unpaired) electrons. The van der Waals surface area contributed by atoms with Crippen molar-refractivity contribution in [2.75, 3.05) is 7.05 Å². The number of aryl methyl sites for hydroxylation is 9. The first-order chi connectivity index (χ1) is 49.6. The molecule has 0 aliphatic carbocycles. The molecule has 26 nitrogen and oxygen atoms in total. The van der Waals surface area contributed by atoms with Crippen molar-refractivity contribution in [3.05, 3.63) is 281 Å². The van der Waals surface area contributed by atoms with Gasteiger partial charge >= 0.3 is 0 Å². The standard InChI is InChI=1S/C9H7NO2.4C8H8N2.5C7H7N3/c1-10-8(11)6-4-2-3-5-7(6)9(10)12;1-10-5-3-7-2-4-9-6-8(7)10;1-10-6-4-7-3-2-5-9-8(7)10;1-10-6-9-7-4-2-3-5-8(7)10;1-10-8-5-3-2-4-7(8)6-9-10;1-10-5-9-6-4-8-3-2-7(6)10;1-10-5-9-6-2-3-8-4-7(6)10;1-10-7-5-8-3-2-6(7)4-9-10;1-10-5-9-6-3-2-4-8-7(6)10;1-10-7-6(5-9-10)3-2-4-8-7/h2-5H,1H3;4*2-6H,1H3;5*2-5H,1H3. The van der Waals surface area contributed by atoms with E-state index in [0.717, 1.165) is 71.2 Å². The van der Waals surface area contributed by atoms with Gasteiger partial charge in [-0.15, -0.1) is 0 Å². The molecule has 2 amide bonds. The number of benzene rings is 3. The van der Waals surface area contributed by atoms with Crippen LogP contribution in [-0.4, -0.2) is 135 Å². The Bertz CT molecular complexity index is 4860.